The number of halogens is 1. The first-order valence-electron chi connectivity index (χ1n) is 8.18. The Hall–Kier alpha value is -2.76. The van der Waals surface area contributed by atoms with Gasteiger partial charge in [-0.15, -0.1) is 11.6 Å². The van der Waals surface area contributed by atoms with Crippen molar-refractivity contribution in [3.63, 3.8) is 0 Å². The van der Waals surface area contributed by atoms with Gasteiger partial charge in [-0.3, -0.25) is 0 Å². The van der Waals surface area contributed by atoms with Gasteiger partial charge in [0.05, 0.1) is 11.6 Å². The minimum atomic E-state index is -0.0561. The van der Waals surface area contributed by atoms with Crippen LogP contribution < -0.4 is 4.74 Å². The fourth-order valence-corrected chi connectivity index (χ4v) is 2.89. The van der Waals surface area contributed by atoms with Gasteiger partial charge in [0.15, 0.2) is 0 Å². The molecule has 3 rings (SSSR count). The summed E-state index contributed by atoms with van der Waals surface area (Å²) in [7, 11) is 0. The van der Waals surface area contributed by atoms with E-state index in [1.807, 2.05) is 66.7 Å². The van der Waals surface area contributed by atoms with E-state index in [0.717, 1.165) is 28.9 Å². The summed E-state index contributed by atoms with van der Waals surface area (Å²) >= 11 is 5.94. The zero-order valence-electron chi connectivity index (χ0n) is 13.7. The molecule has 0 bridgehead atoms. The van der Waals surface area contributed by atoms with Crippen molar-refractivity contribution in [1.29, 1.82) is 5.26 Å². The fraction of sp³-hybridized carbons (Fsp3) is 0.136. The van der Waals surface area contributed by atoms with E-state index in [1.165, 1.54) is 0 Å². The second-order valence-corrected chi connectivity index (χ2v) is 6.09. The molecule has 0 aromatic heterocycles. The van der Waals surface area contributed by atoms with Crippen molar-refractivity contribution in [2.45, 2.75) is 12.5 Å². The van der Waals surface area contributed by atoms with Crippen LogP contribution in [-0.2, 0) is 0 Å². The van der Waals surface area contributed by atoms with Gasteiger partial charge in [0, 0.05) is 12.3 Å². The molecule has 1 atom stereocenters. The molecular formula is C22H18ClNO. The maximum Gasteiger partial charge on any atom is 0.125 e. The monoisotopic (exact) mass is 347 g/mol. The van der Waals surface area contributed by atoms with Crippen LogP contribution in [0.1, 0.15) is 23.7 Å². The molecule has 124 valence electrons. The van der Waals surface area contributed by atoms with Gasteiger partial charge >= 0.3 is 0 Å². The van der Waals surface area contributed by atoms with Gasteiger partial charge < -0.3 is 4.74 Å². The molecule has 3 aromatic rings. The smallest absolute Gasteiger partial charge is 0.125 e. The molecule has 3 heteroatoms. The highest BCUT2D eigenvalue weighted by atomic mass is 35.5. The van der Waals surface area contributed by atoms with E-state index in [9.17, 15) is 0 Å². The lowest BCUT2D eigenvalue weighted by Gasteiger charge is -2.19. The summed E-state index contributed by atoms with van der Waals surface area (Å²) in [5, 5.41) is 8.88. The van der Waals surface area contributed by atoms with Gasteiger partial charge in [-0.25, -0.2) is 0 Å². The number of benzene rings is 3. The lowest BCUT2D eigenvalue weighted by molar-refractivity contribution is 0.202. The molecule has 25 heavy (non-hydrogen) atoms. The molecule has 0 amide bonds. The van der Waals surface area contributed by atoms with Crippen LogP contribution in [0.15, 0.2) is 78.9 Å². The molecule has 0 saturated carbocycles. The minimum Gasteiger partial charge on any atom is -0.486 e. The van der Waals surface area contributed by atoms with Crippen LogP contribution in [0.5, 0.6) is 5.75 Å². The number of hydrogen-bond donors (Lipinski definition) is 0. The Morgan fingerprint density at radius 3 is 2.00 bits per heavy atom. The molecular weight excluding hydrogens is 330 g/mol. The Morgan fingerprint density at radius 2 is 1.44 bits per heavy atom. The molecule has 0 radical (unpaired) electrons. The van der Waals surface area contributed by atoms with E-state index in [2.05, 4.69) is 18.2 Å². The lowest BCUT2D eigenvalue weighted by atomic mass is 10.0. The first-order chi connectivity index (χ1) is 12.3. The van der Waals surface area contributed by atoms with E-state index in [0.29, 0.717) is 11.4 Å². The summed E-state index contributed by atoms with van der Waals surface area (Å²) in [5.41, 5.74) is 3.95. The van der Waals surface area contributed by atoms with Gasteiger partial charge in [-0.05, 0) is 41.0 Å². The van der Waals surface area contributed by atoms with Gasteiger partial charge in [-0.2, -0.15) is 5.26 Å². The van der Waals surface area contributed by atoms with Crippen molar-refractivity contribution in [3.8, 4) is 22.9 Å². The molecule has 0 saturated heterocycles. The van der Waals surface area contributed by atoms with Crippen LogP contribution in [0, 0.1) is 11.3 Å². The third-order valence-electron chi connectivity index (χ3n) is 4.02. The van der Waals surface area contributed by atoms with Crippen molar-refractivity contribution in [1.82, 2.24) is 0 Å². The maximum atomic E-state index is 8.88. The van der Waals surface area contributed by atoms with Crippen LogP contribution in [0.4, 0.5) is 0 Å². The summed E-state index contributed by atoms with van der Waals surface area (Å²) < 4.78 is 6.14. The SMILES string of the molecule is N#Cc1ccc(-c2ccc(OC(CCCl)c3ccccc3)cc2)cc1. The topological polar surface area (TPSA) is 33.0 Å². The van der Waals surface area contributed by atoms with Gasteiger partial charge in [0.1, 0.15) is 11.9 Å². The Kier molecular flexibility index (Phi) is 5.72. The number of hydrogen-bond acceptors (Lipinski definition) is 2. The van der Waals surface area contributed by atoms with Gasteiger partial charge in [-0.1, -0.05) is 54.6 Å². The largest absolute Gasteiger partial charge is 0.486 e. The normalized spacial score (nSPS) is 11.5. The first-order valence-corrected chi connectivity index (χ1v) is 8.72. The van der Waals surface area contributed by atoms with Crippen LogP contribution in [0.3, 0.4) is 0 Å². The quantitative estimate of drug-likeness (QED) is 0.514. The first kappa shape index (κ1) is 17.1. The third kappa shape index (κ3) is 4.41. The summed E-state index contributed by atoms with van der Waals surface area (Å²) in [5.74, 6) is 1.36. The van der Waals surface area contributed by atoms with Crippen molar-refractivity contribution >= 4 is 11.6 Å². The second-order valence-electron chi connectivity index (χ2n) is 5.71. The minimum absolute atomic E-state index is 0.0561. The number of rotatable bonds is 6. The second kappa shape index (κ2) is 8.37. The summed E-state index contributed by atoms with van der Waals surface area (Å²) in [6.45, 7) is 0. The summed E-state index contributed by atoms with van der Waals surface area (Å²) in [6.07, 6.45) is 0.697. The summed E-state index contributed by atoms with van der Waals surface area (Å²) in [6, 6.07) is 27.8. The number of ether oxygens (including phenoxy) is 1. The number of alkyl halides is 1. The van der Waals surface area contributed by atoms with E-state index >= 15 is 0 Å². The lowest BCUT2D eigenvalue weighted by Crippen LogP contribution is -2.08. The summed E-state index contributed by atoms with van der Waals surface area (Å²) in [4.78, 5) is 0. The average molecular weight is 348 g/mol. The van der Waals surface area contributed by atoms with E-state index in [4.69, 9.17) is 21.6 Å². The zero-order valence-corrected chi connectivity index (χ0v) is 14.5. The zero-order chi connectivity index (χ0) is 17.5. The Bertz CT molecular complexity index is 836. The number of nitriles is 1. The van der Waals surface area contributed by atoms with Crippen LogP contribution in [0.25, 0.3) is 11.1 Å². The Labute approximate surface area is 153 Å². The predicted octanol–water partition coefficient (Wildman–Crippen LogP) is 5.97. The van der Waals surface area contributed by atoms with Crippen molar-refractivity contribution in [2.24, 2.45) is 0 Å². The highest BCUT2D eigenvalue weighted by molar-refractivity contribution is 6.17. The van der Waals surface area contributed by atoms with Crippen molar-refractivity contribution in [2.75, 3.05) is 5.88 Å². The molecule has 2 nitrogen and oxygen atoms in total. The van der Waals surface area contributed by atoms with Crippen LogP contribution >= 0.6 is 11.6 Å². The Morgan fingerprint density at radius 1 is 0.840 bits per heavy atom. The molecule has 0 aliphatic carbocycles. The Balaban J connectivity index is 1.75. The van der Waals surface area contributed by atoms with Gasteiger partial charge in [0.2, 0.25) is 0 Å². The molecule has 0 spiro atoms. The maximum absolute atomic E-state index is 8.88. The molecule has 0 heterocycles. The fourth-order valence-electron chi connectivity index (χ4n) is 2.69. The highest BCUT2D eigenvalue weighted by Gasteiger charge is 2.12. The molecule has 1 unspecified atom stereocenters. The van der Waals surface area contributed by atoms with E-state index in [1.54, 1.807) is 0 Å². The predicted molar refractivity (Wildman–Crippen MR) is 102 cm³/mol. The van der Waals surface area contributed by atoms with E-state index < -0.39 is 0 Å². The van der Waals surface area contributed by atoms with Gasteiger partial charge in [0.25, 0.3) is 0 Å². The molecule has 0 aliphatic heterocycles. The third-order valence-corrected chi connectivity index (χ3v) is 4.24. The van der Waals surface area contributed by atoms with Crippen LogP contribution in [-0.4, -0.2) is 5.88 Å². The number of nitrogens with zero attached hydrogens (tertiary/aromatic N) is 1. The molecule has 0 N–H and O–H groups in total. The highest BCUT2D eigenvalue weighted by Crippen LogP contribution is 2.28. The van der Waals surface area contributed by atoms with Crippen LogP contribution in [0.2, 0.25) is 0 Å². The van der Waals surface area contributed by atoms with E-state index in [-0.39, 0.29) is 6.10 Å². The molecule has 3 aromatic carbocycles. The van der Waals surface area contributed by atoms with Crippen molar-refractivity contribution in [3.05, 3.63) is 90.0 Å². The van der Waals surface area contributed by atoms with Crippen molar-refractivity contribution < 1.29 is 4.74 Å². The standard InChI is InChI=1S/C22H18ClNO/c23-15-14-22(20-4-2-1-3-5-20)25-21-12-10-19(11-13-21)18-8-6-17(16-24)7-9-18/h1-13,22H,14-15H2. The molecule has 0 fully saturated rings. The average Bonchev–Trinajstić information content (AvgIpc) is 2.69. The molecule has 0 aliphatic rings.